The molecule has 4 aromatic rings. The van der Waals surface area contributed by atoms with Crippen molar-refractivity contribution in [3.8, 4) is 29.1 Å². The van der Waals surface area contributed by atoms with Gasteiger partial charge in [-0.2, -0.15) is 0 Å². The van der Waals surface area contributed by atoms with Crippen molar-refractivity contribution in [1.82, 2.24) is 0 Å². The lowest BCUT2D eigenvalue weighted by molar-refractivity contribution is -0.307. The van der Waals surface area contributed by atoms with Gasteiger partial charge in [0.1, 0.15) is 5.75 Å². The molecule has 348 valence electrons. The number of phenols is 2. The molecule has 10 heteroatoms. The van der Waals surface area contributed by atoms with Crippen LogP contribution in [0.4, 0.5) is 0 Å². The van der Waals surface area contributed by atoms with Crippen molar-refractivity contribution in [2.75, 3.05) is 12.4 Å². The number of aryl methyl sites for hydroxylation is 2. The Kier molecular flexibility index (Phi) is 14.4. The number of carbonyl (C=O) groups excluding carboxylic acids is 1. The van der Waals surface area contributed by atoms with Crippen molar-refractivity contribution in [1.29, 1.82) is 0 Å². The molecule has 2 aliphatic heterocycles. The summed E-state index contributed by atoms with van der Waals surface area (Å²) >= 11 is 0. The summed E-state index contributed by atoms with van der Waals surface area (Å²) < 4.78 is 6.19. The Labute approximate surface area is 403 Å². The fourth-order valence-corrected chi connectivity index (χ4v) is 14.2. The van der Waals surface area contributed by atoms with E-state index in [4.69, 9.17) is 16.2 Å². The van der Waals surface area contributed by atoms with Crippen LogP contribution < -0.4 is 21.3 Å². The van der Waals surface area contributed by atoms with Crippen LogP contribution in [0.5, 0.6) is 17.2 Å². The second-order valence-electron chi connectivity index (χ2n) is 19.8. The largest absolute Gasteiger partial charge is 0.875 e. The van der Waals surface area contributed by atoms with Gasteiger partial charge >= 0.3 is 0 Å². The van der Waals surface area contributed by atoms with Crippen LogP contribution in [0.2, 0.25) is 0 Å². The maximum absolute atomic E-state index is 14.2. The third kappa shape index (κ3) is 10.8. The first-order chi connectivity index (χ1) is 32.5. The minimum Gasteiger partial charge on any atom is -0.875 e. The number of carbonyl (C=O) groups is 1. The normalized spacial score (nSPS) is 24.7. The number of rotatable bonds is 6. The minimum absolute atomic E-state index is 0.0202. The van der Waals surface area contributed by atoms with Crippen LogP contribution in [0.15, 0.2) is 120 Å². The Morgan fingerprint density at radius 1 is 0.925 bits per heavy atom. The highest BCUT2D eigenvalue weighted by Gasteiger charge is 2.54. The number of nitrogens with zero attached hydrogens (tertiary/aromatic N) is 1. The summed E-state index contributed by atoms with van der Waals surface area (Å²) in [6, 6.07) is 25.7. The van der Waals surface area contributed by atoms with Gasteiger partial charge < -0.3 is 31.5 Å². The summed E-state index contributed by atoms with van der Waals surface area (Å²) in [5, 5.41) is 36.7. The number of nitrogens with two attached hydrogens (primary N) is 2. The van der Waals surface area contributed by atoms with E-state index in [0.717, 1.165) is 84.1 Å². The fraction of sp³-hybridized carbons (Fsp3) is 0.404. The first kappa shape index (κ1) is 46.9. The number of benzene rings is 4. The van der Waals surface area contributed by atoms with Crippen molar-refractivity contribution in [2.24, 2.45) is 39.1 Å². The van der Waals surface area contributed by atoms with Crippen molar-refractivity contribution < 1.29 is 24.9 Å². The van der Waals surface area contributed by atoms with Crippen LogP contribution in [-0.4, -0.2) is 34.1 Å². The monoisotopic (exact) mass is 932 g/mol. The van der Waals surface area contributed by atoms with E-state index in [9.17, 15) is 20.1 Å². The minimum atomic E-state index is -0.742. The number of allylic oxidation sites excluding steroid dienone is 5. The van der Waals surface area contributed by atoms with Crippen LogP contribution in [0.3, 0.4) is 0 Å². The van der Waals surface area contributed by atoms with Crippen molar-refractivity contribution in [3.05, 3.63) is 159 Å². The molecule has 67 heavy (non-hydrogen) atoms. The molecule has 0 saturated heterocycles. The summed E-state index contributed by atoms with van der Waals surface area (Å²) in [4.78, 5) is 18.2. The fourth-order valence-electron chi connectivity index (χ4n) is 11.4. The van der Waals surface area contributed by atoms with E-state index in [1.165, 1.54) is 12.0 Å². The van der Waals surface area contributed by atoms with Gasteiger partial charge in [-0.05, 0) is 162 Å². The van der Waals surface area contributed by atoms with Crippen LogP contribution in [0, 0.1) is 34.5 Å². The molecule has 2 saturated carbocycles. The maximum atomic E-state index is 14.2. The molecule has 0 amide bonds. The molecular formula is C57H62N3O5S2-. The molecule has 6 N–H and O–H groups in total. The molecular weight excluding hydrogens is 871 g/mol. The van der Waals surface area contributed by atoms with Gasteiger partial charge in [-0.1, -0.05) is 101 Å². The lowest BCUT2D eigenvalue weighted by Crippen LogP contribution is -2.36. The number of aliphatic imine (C=N–C) groups is 1. The number of hydrogen-bond acceptors (Lipinski definition) is 10. The van der Waals surface area contributed by atoms with Crippen molar-refractivity contribution in [2.45, 2.75) is 108 Å². The number of aromatic hydroxyl groups is 2. The number of ether oxygens (including phenoxy) is 1. The Balaban J connectivity index is 1.05. The number of ketones is 1. The maximum Gasteiger partial charge on any atom is 0.161 e. The molecule has 2 heterocycles. The van der Waals surface area contributed by atoms with Gasteiger partial charge in [0, 0.05) is 47.6 Å². The molecule has 4 aromatic carbocycles. The van der Waals surface area contributed by atoms with Gasteiger partial charge in [-0.15, -0.1) is 5.76 Å². The molecule has 0 spiro atoms. The van der Waals surface area contributed by atoms with Crippen LogP contribution in [0.25, 0.3) is 0 Å². The van der Waals surface area contributed by atoms with Crippen LogP contribution >= 0.6 is 21.6 Å². The lowest BCUT2D eigenvalue weighted by atomic mass is 9.61. The van der Waals surface area contributed by atoms with E-state index in [1.807, 2.05) is 58.0 Å². The molecule has 5 unspecified atom stereocenters. The predicted molar refractivity (Wildman–Crippen MR) is 271 cm³/mol. The third-order valence-electron chi connectivity index (χ3n) is 15.2. The zero-order chi connectivity index (χ0) is 46.5. The molecule has 0 radical (unpaired) electrons. The summed E-state index contributed by atoms with van der Waals surface area (Å²) in [5.74, 6) is 9.44. The highest BCUT2D eigenvalue weighted by molar-refractivity contribution is 8.76. The van der Waals surface area contributed by atoms with Gasteiger partial charge in [-0.3, -0.25) is 9.79 Å². The Morgan fingerprint density at radius 3 is 2.58 bits per heavy atom. The molecule has 3 aliphatic carbocycles. The highest BCUT2D eigenvalue weighted by atomic mass is 33.1. The second kappa shape index (κ2) is 20.6. The lowest BCUT2D eigenvalue weighted by Gasteiger charge is -2.45. The SMILES string of the molecule is CC(CCc1ccccc1)CC1CCC23CCC1(C=CC(=O)CCc1ccc(O)c(c1)OCCc1ccc(O)c(c1)C1CC([O-])=C4C=CN=C4CC#Cc4cc(C(N)N)c(cc41)CSSC2)C3. The van der Waals surface area contributed by atoms with Gasteiger partial charge in [0.25, 0.3) is 0 Å². The van der Waals surface area contributed by atoms with E-state index in [0.29, 0.717) is 65.9 Å². The molecule has 2 fully saturated rings. The Morgan fingerprint density at radius 2 is 1.75 bits per heavy atom. The van der Waals surface area contributed by atoms with Crippen molar-refractivity contribution >= 4 is 33.1 Å². The van der Waals surface area contributed by atoms with Gasteiger partial charge in [0.2, 0.25) is 0 Å². The van der Waals surface area contributed by atoms with Crippen molar-refractivity contribution in [3.63, 3.8) is 0 Å². The first-order valence-corrected chi connectivity index (χ1v) is 26.5. The average molecular weight is 933 g/mol. The van der Waals surface area contributed by atoms with E-state index in [2.05, 4.69) is 66.2 Å². The second-order valence-corrected chi connectivity index (χ2v) is 22.2. The predicted octanol–water partition coefficient (Wildman–Crippen LogP) is 10.7. The van der Waals surface area contributed by atoms with Gasteiger partial charge in [0.15, 0.2) is 17.3 Å². The molecule has 8 nitrogen and oxygen atoms in total. The van der Waals surface area contributed by atoms with E-state index in [1.54, 1.807) is 24.4 Å². The third-order valence-corrected chi connectivity index (χ3v) is 17.7. The number of hydrogen-bond donors (Lipinski definition) is 4. The Bertz CT molecular complexity index is 2680. The van der Waals surface area contributed by atoms with Crippen LogP contribution in [-0.2, 0) is 29.8 Å². The number of fused-ring (bicyclic) bond motifs is 7. The average Bonchev–Trinajstić information content (AvgIpc) is 3.93. The topological polar surface area (TPSA) is 154 Å². The summed E-state index contributed by atoms with van der Waals surface area (Å²) in [5.41, 5.74) is 21.6. The van der Waals surface area contributed by atoms with Gasteiger partial charge in [-0.25, -0.2) is 0 Å². The van der Waals surface area contributed by atoms with Gasteiger partial charge in [0.05, 0.1) is 24.9 Å². The smallest absolute Gasteiger partial charge is 0.161 e. The van der Waals surface area contributed by atoms with E-state index in [-0.39, 0.29) is 46.9 Å². The summed E-state index contributed by atoms with van der Waals surface area (Å²) in [6.45, 7) is 2.66. The first-order valence-electron chi connectivity index (χ1n) is 24.0. The van der Waals surface area contributed by atoms with E-state index >= 15 is 0 Å². The molecule has 0 aromatic heterocycles. The molecule has 8 bridgehead atoms. The quantitative estimate of drug-likeness (QED) is 0.0840. The van der Waals surface area contributed by atoms with Crippen LogP contribution in [0.1, 0.15) is 128 Å². The number of phenolic OH excluding ortho intramolecular Hbond substituents is 2. The molecule has 5 atom stereocenters. The summed E-state index contributed by atoms with van der Waals surface area (Å²) in [6.07, 6.45) is 17.8. The zero-order valence-corrected chi connectivity index (χ0v) is 40.1. The molecule has 5 aliphatic rings. The standard InChI is InChI=1S/C57H63N3O5S2/c1-37(10-11-38-6-3-2-4-7-38)28-43-18-22-56-24-25-57(43,35-56)23-19-44(61)15-12-39-14-17-52(63)54(30-39)65-27-21-40-13-16-51(62)49(29-40)48-33-53(64)45-20-26-60-50(45)9-5-8-41-31-47(55(58)59)42(32-46(41)48)34-66-67-36-56/h2-4,6-7,13-14,16-17,19-20,23,26,29-32,37,43,48,55,62-64H,9-12,15,18,21-22,24-25,27-28,33-36,58-59H2,1H3/p-1. The summed E-state index contributed by atoms with van der Waals surface area (Å²) in [7, 11) is 3.74. The highest BCUT2D eigenvalue weighted by Crippen LogP contribution is 2.64. The zero-order valence-electron chi connectivity index (χ0n) is 38.5. The Hall–Kier alpha value is -5.18. The van der Waals surface area contributed by atoms with E-state index < -0.39 is 12.1 Å². The molecule has 9 rings (SSSR count).